The lowest BCUT2D eigenvalue weighted by Gasteiger charge is -2.06. The van der Waals surface area contributed by atoms with Gasteiger partial charge in [-0.25, -0.2) is 0 Å². The Labute approximate surface area is 170 Å². The summed E-state index contributed by atoms with van der Waals surface area (Å²) in [6.07, 6.45) is 5.92. The van der Waals surface area contributed by atoms with Crippen molar-refractivity contribution in [3.05, 3.63) is 59.7 Å². The highest BCUT2D eigenvalue weighted by Crippen LogP contribution is 2.31. The first-order valence-corrected chi connectivity index (χ1v) is 13.0. The number of benzene rings is 2. The number of aryl methyl sites for hydroxylation is 2. The van der Waals surface area contributed by atoms with Gasteiger partial charge < -0.3 is 9.47 Å². The molecule has 0 saturated heterocycles. The molecule has 150 valence electrons. The van der Waals surface area contributed by atoms with E-state index in [1.807, 2.05) is 48.5 Å². The molecule has 2 rings (SSSR count). The largest absolute Gasteiger partial charge is 0.496 e. The van der Waals surface area contributed by atoms with Gasteiger partial charge in [0.05, 0.1) is 14.2 Å². The van der Waals surface area contributed by atoms with Crippen LogP contribution in [-0.4, -0.2) is 38.9 Å². The average molecular weight is 420 g/mol. The summed E-state index contributed by atoms with van der Waals surface area (Å²) in [5, 5.41) is 0. The van der Waals surface area contributed by atoms with E-state index in [0.29, 0.717) is 24.6 Å². The van der Waals surface area contributed by atoms with E-state index in [2.05, 4.69) is 0 Å². The molecule has 0 saturated carbocycles. The Morgan fingerprint density at radius 3 is 1.43 bits per heavy atom. The topological polar surface area (TPSA) is 52.6 Å². The molecule has 4 nitrogen and oxygen atoms in total. The zero-order chi connectivity index (χ0) is 20.2. The number of methoxy groups -OCH3 is 2. The van der Waals surface area contributed by atoms with Crippen LogP contribution in [0.25, 0.3) is 0 Å². The van der Waals surface area contributed by atoms with Gasteiger partial charge in [-0.2, -0.15) is 0 Å². The Morgan fingerprint density at radius 2 is 1.04 bits per heavy atom. The molecule has 0 spiro atoms. The Morgan fingerprint density at radius 1 is 0.643 bits per heavy atom. The van der Waals surface area contributed by atoms with Gasteiger partial charge in [-0.05, 0) is 48.9 Å². The van der Waals surface area contributed by atoms with Gasteiger partial charge >= 0.3 is 15.6 Å². The highest BCUT2D eigenvalue weighted by Gasteiger charge is 2.23. The maximum atomic E-state index is 12.2. The van der Waals surface area contributed by atoms with E-state index in [1.165, 1.54) is 0 Å². The maximum absolute atomic E-state index is 12.2. The fourth-order valence-electron chi connectivity index (χ4n) is 3.16. The third-order valence-corrected chi connectivity index (χ3v) is 8.12. The quantitative estimate of drug-likeness (QED) is 0.377. The normalized spacial score (nSPS) is 11.8. The van der Waals surface area contributed by atoms with Crippen LogP contribution >= 0.6 is 15.6 Å². The van der Waals surface area contributed by atoms with E-state index in [9.17, 15) is 9.13 Å². The van der Waals surface area contributed by atoms with Gasteiger partial charge in [0.15, 0.2) is 12.3 Å². The summed E-state index contributed by atoms with van der Waals surface area (Å²) >= 11 is 0. The SMILES string of the molecule is COc1ccccc1CCC[P+](=O)CC[P+](=O)CCCc1ccccc1OC. The molecule has 0 N–H and O–H groups in total. The lowest BCUT2D eigenvalue weighted by atomic mass is 10.1. The molecule has 2 atom stereocenters. The first kappa shape index (κ1) is 22.5. The third kappa shape index (κ3) is 7.70. The van der Waals surface area contributed by atoms with Crippen LogP contribution in [-0.2, 0) is 22.0 Å². The first-order valence-electron chi connectivity index (χ1n) is 9.72. The van der Waals surface area contributed by atoms with Gasteiger partial charge in [0.1, 0.15) is 23.8 Å². The molecule has 0 radical (unpaired) electrons. The monoisotopic (exact) mass is 420 g/mol. The number of para-hydroxylation sites is 2. The molecule has 0 amide bonds. The fraction of sp³-hybridized carbons (Fsp3) is 0.455. The minimum Gasteiger partial charge on any atom is -0.496 e. The van der Waals surface area contributed by atoms with Gasteiger partial charge in [0.25, 0.3) is 0 Å². The standard InChI is InChI=1S/C22H30O4P2/c1-25-21-13-5-3-9-19(21)11-7-15-27(23)17-18-28(24)16-8-12-20-10-4-6-14-22(20)26-2/h3-6,9-10,13-14H,7-8,11-12,15-18H2,1-2H3/q+2. The van der Waals surface area contributed by atoms with E-state index in [4.69, 9.17) is 9.47 Å². The van der Waals surface area contributed by atoms with Crippen molar-refractivity contribution in [2.45, 2.75) is 25.7 Å². The van der Waals surface area contributed by atoms with Gasteiger partial charge in [-0.3, -0.25) is 0 Å². The molecule has 2 unspecified atom stereocenters. The van der Waals surface area contributed by atoms with Crippen LogP contribution in [0.5, 0.6) is 11.5 Å². The maximum Gasteiger partial charge on any atom is 0.343 e. The van der Waals surface area contributed by atoms with Gasteiger partial charge in [0, 0.05) is 0 Å². The molecule has 0 aliphatic rings. The minimum absolute atomic E-state index is 0.561. The highest BCUT2D eigenvalue weighted by atomic mass is 31.1. The fourth-order valence-corrected chi connectivity index (χ4v) is 6.41. The van der Waals surface area contributed by atoms with E-state index in [0.717, 1.165) is 48.3 Å². The Bertz CT molecular complexity index is 711. The highest BCUT2D eigenvalue weighted by molar-refractivity contribution is 7.49. The Hall–Kier alpha value is -1.76. The number of hydrogen-bond acceptors (Lipinski definition) is 4. The summed E-state index contributed by atoms with van der Waals surface area (Å²) in [6, 6.07) is 15.9. The Balaban J connectivity index is 1.62. The third-order valence-electron chi connectivity index (χ3n) is 4.69. The van der Waals surface area contributed by atoms with Crippen molar-refractivity contribution < 1.29 is 18.6 Å². The molecule has 6 heteroatoms. The predicted molar refractivity (Wildman–Crippen MR) is 117 cm³/mol. The average Bonchev–Trinajstić information content (AvgIpc) is 2.73. The van der Waals surface area contributed by atoms with Crippen molar-refractivity contribution in [3.8, 4) is 11.5 Å². The molecular formula is C22H30O4P2+2. The van der Waals surface area contributed by atoms with Gasteiger partial charge in [-0.1, -0.05) is 45.5 Å². The second kappa shape index (κ2) is 12.6. The zero-order valence-corrected chi connectivity index (χ0v) is 18.6. The smallest absolute Gasteiger partial charge is 0.343 e. The van der Waals surface area contributed by atoms with Crippen molar-refractivity contribution in [1.29, 1.82) is 0 Å². The first-order chi connectivity index (χ1) is 13.6. The predicted octanol–water partition coefficient (Wildman–Crippen LogP) is 5.92. The lowest BCUT2D eigenvalue weighted by molar-refractivity contribution is 0.409. The molecular weight excluding hydrogens is 390 g/mol. The summed E-state index contributed by atoms with van der Waals surface area (Å²) < 4.78 is 35.2. The molecule has 2 aromatic carbocycles. The number of ether oxygens (including phenoxy) is 2. The molecule has 0 bridgehead atoms. The van der Waals surface area contributed by atoms with Crippen molar-refractivity contribution in [1.82, 2.24) is 0 Å². The molecule has 28 heavy (non-hydrogen) atoms. The molecule has 0 fully saturated rings. The Kier molecular flexibility index (Phi) is 10.2. The molecule has 0 aromatic heterocycles. The van der Waals surface area contributed by atoms with Crippen molar-refractivity contribution in [3.63, 3.8) is 0 Å². The summed E-state index contributed by atoms with van der Waals surface area (Å²) in [5.41, 5.74) is 2.30. The van der Waals surface area contributed by atoms with Crippen molar-refractivity contribution in [2.24, 2.45) is 0 Å². The van der Waals surface area contributed by atoms with E-state index in [1.54, 1.807) is 14.2 Å². The molecule has 0 aliphatic carbocycles. The van der Waals surface area contributed by atoms with Gasteiger partial charge in [-0.15, -0.1) is 0 Å². The zero-order valence-electron chi connectivity index (χ0n) is 16.8. The van der Waals surface area contributed by atoms with Crippen LogP contribution in [0.2, 0.25) is 0 Å². The van der Waals surface area contributed by atoms with Crippen molar-refractivity contribution in [2.75, 3.05) is 38.9 Å². The van der Waals surface area contributed by atoms with Gasteiger partial charge in [0.2, 0.25) is 0 Å². The van der Waals surface area contributed by atoms with Crippen LogP contribution < -0.4 is 9.47 Å². The van der Waals surface area contributed by atoms with Crippen LogP contribution in [0.3, 0.4) is 0 Å². The molecule has 0 heterocycles. The van der Waals surface area contributed by atoms with E-state index >= 15 is 0 Å². The molecule has 2 aromatic rings. The number of rotatable bonds is 13. The van der Waals surface area contributed by atoms with Crippen LogP contribution in [0.15, 0.2) is 48.5 Å². The summed E-state index contributed by atoms with van der Waals surface area (Å²) in [6.45, 7) is 0. The van der Waals surface area contributed by atoms with Crippen LogP contribution in [0.1, 0.15) is 24.0 Å². The van der Waals surface area contributed by atoms with Crippen molar-refractivity contribution >= 4 is 15.6 Å². The van der Waals surface area contributed by atoms with E-state index in [-0.39, 0.29) is 0 Å². The summed E-state index contributed by atoms with van der Waals surface area (Å²) in [7, 11) is 0.772. The molecule has 0 aliphatic heterocycles. The van der Waals surface area contributed by atoms with E-state index < -0.39 is 15.6 Å². The second-order valence-electron chi connectivity index (χ2n) is 6.69. The summed E-state index contributed by atoms with van der Waals surface area (Å²) in [4.78, 5) is 0. The minimum atomic E-state index is -1.28. The number of hydrogen-bond donors (Lipinski definition) is 0. The van der Waals surface area contributed by atoms with Crippen LogP contribution in [0, 0.1) is 0 Å². The van der Waals surface area contributed by atoms with Crippen LogP contribution in [0.4, 0.5) is 0 Å². The lowest BCUT2D eigenvalue weighted by Crippen LogP contribution is -1.96. The summed E-state index contributed by atoms with van der Waals surface area (Å²) in [5.74, 6) is 1.77. The second-order valence-corrected chi connectivity index (χ2v) is 10.4.